The van der Waals surface area contributed by atoms with E-state index >= 15 is 0 Å². The minimum absolute atomic E-state index is 0.0182. The molecule has 0 atom stereocenters. The number of carbonyl (C=O) groups is 2. The number of rotatable bonds is 4. The van der Waals surface area contributed by atoms with Crippen LogP contribution in [0.5, 0.6) is 5.75 Å². The summed E-state index contributed by atoms with van der Waals surface area (Å²) in [4.78, 5) is 21.4. The maximum atomic E-state index is 10.7. The molecule has 0 aliphatic rings. The Morgan fingerprint density at radius 1 is 0.944 bits per heavy atom. The van der Waals surface area contributed by atoms with E-state index < -0.39 is 0 Å². The van der Waals surface area contributed by atoms with Gasteiger partial charge in [0.1, 0.15) is 12.0 Å². The molecule has 0 heterocycles. The van der Waals surface area contributed by atoms with Crippen molar-refractivity contribution >= 4 is 12.6 Å². The van der Waals surface area contributed by atoms with Crippen LogP contribution in [0.1, 0.15) is 31.8 Å². The molecule has 0 unspecified atom stereocenters. The van der Waals surface area contributed by atoms with Crippen molar-refractivity contribution < 1.29 is 14.7 Å². The molecule has 2 aromatic rings. The fraction of sp³-hybridized carbons (Fsp3) is 0.0667. The Morgan fingerprint density at radius 2 is 1.72 bits per heavy atom. The van der Waals surface area contributed by atoms with Gasteiger partial charge in [-0.1, -0.05) is 24.3 Å². The van der Waals surface area contributed by atoms with Crippen molar-refractivity contribution in [3.8, 4) is 5.75 Å². The zero-order valence-corrected chi connectivity index (χ0v) is 9.67. The second-order valence-electron chi connectivity index (χ2n) is 4.05. The first-order valence-electron chi connectivity index (χ1n) is 5.54. The quantitative estimate of drug-likeness (QED) is 0.836. The molecule has 1 N–H and O–H groups in total. The highest BCUT2D eigenvalue weighted by Crippen LogP contribution is 2.19. The summed E-state index contributed by atoms with van der Waals surface area (Å²) >= 11 is 0. The SMILES string of the molecule is O=Cc1cccc(Cc2ccc(O)c(C=O)c2)c1. The van der Waals surface area contributed by atoms with Crippen LogP contribution in [-0.2, 0) is 6.42 Å². The van der Waals surface area contributed by atoms with Crippen LogP contribution >= 0.6 is 0 Å². The Bertz CT molecular complexity index is 588. The summed E-state index contributed by atoms with van der Waals surface area (Å²) in [6.45, 7) is 0. The van der Waals surface area contributed by atoms with Crippen molar-refractivity contribution in [1.29, 1.82) is 0 Å². The largest absolute Gasteiger partial charge is 0.507 e. The first-order valence-corrected chi connectivity index (χ1v) is 5.54. The second-order valence-corrected chi connectivity index (χ2v) is 4.05. The molecule has 0 bridgehead atoms. The van der Waals surface area contributed by atoms with Gasteiger partial charge >= 0.3 is 0 Å². The fourth-order valence-corrected chi connectivity index (χ4v) is 1.82. The maximum absolute atomic E-state index is 10.7. The highest BCUT2D eigenvalue weighted by atomic mass is 16.3. The van der Waals surface area contributed by atoms with E-state index in [4.69, 9.17) is 0 Å². The van der Waals surface area contributed by atoms with Gasteiger partial charge in [0.2, 0.25) is 0 Å². The molecule has 3 nitrogen and oxygen atoms in total. The van der Waals surface area contributed by atoms with Crippen LogP contribution < -0.4 is 0 Å². The highest BCUT2D eigenvalue weighted by Gasteiger charge is 2.03. The Kier molecular flexibility index (Phi) is 3.53. The van der Waals surface area contributed by atoms with Gasteiger partial charge in [-0.3, -0.25) is 9.59 Å². The monoisotopic (exact) mass is 240 g/mol. The van der Waals surface area contributed by atoms with E-state index in [2.05, 4.69) is 0 Å². The standard InChI is InChI=1S/C15H12O3/c16-9-13-3-1-2-11(7-13)6-12-4-5-15(18)14(8-12)10-17/h1-5,7-10,18H,6H2. The molecular formula is C15H12O3. The zero-order valence-electron chi connectivity index (χ0n) is 9.67. The molecule has 18 heavy (non-hydrogen) atoms. The second kappa shape index (κ2) is 5.27. The van der Waals surface area contributed by atoms with Crippen molar-refractivity contribution in [3.63, 3.8) is 0 Å². The van der Waals surface area contributed by atoms with Gasteiger partial charge in [0.25, 0.3) is 0 Å². The molecule has 3 heteroatoms. The van der Waals surface area contributed by atoms with Crippen LogP contribution in [0.25, 0.3) is 0 Å². The summed E-state index contributed by atoms with van der Waals surface area (Å²) in [5.74, 6) is -0.0182. The molecule has 0 saturated heterocycles. The lowest BCUT2D eigenvalue weighted by atomic mass is 10.0. The van der Waals surface area contributed by atoms with Gasteiger partial charge < -0.3 is 5.11 Å². The Labute approximate surface area is 105 Å². The van der Waals surface area contributed by atoms with Crippen molar-refractivity contribution in [2.24, 2.45) is 0 Å². The number of carbonyl (C=O) groups excluding carboxylic acids is 2. The summed E-state index contributed by atoms with van der Waals surface area (Å²) in [6, 6.07) is 12.2. The average molecular weight is 240 g/mol. The van der Waals surface area contributed by atoms with Gasteiger partial charge in [-0.15, -0.1) is 0 Å². The lowest BCUT2D eigenvalue weighted by Crippen LogP contribution is -1.92. The third-order valence-corrected chi connectivity index (χ3v) is 2.71. The minimum Gasteiger partial charge on any atom is -0.507 e. The van der Waals surface area contributed by atoms with E-state index in [0.29, 0.717) is 18.3 Å². The molecule has 0 radical (unpaired) electrons. The predicted octanol–water partition coefficient (Wildman–Crippen LogP) is 2.61. The van der Waals surface area contributed by atoms with E-state index in [1.807, 2.05) is 12.1 Å². The third kappa shape index (κ3) is 2.63. The lowest BCUT2D eigenvalue weighted by molar-refractivity contribution is 0.111. The van der Waals surface area contributed by atoms with Gasteiger partial charge in [0, 0.05) is 5.56 Å². The molecule has 0 aliphatic carbocycles. The summed E-state index contributed by atoms with van der Waals surface area (Å²) in [5.41, 5.74) is 2.81. The zero-order chi connectivity index (χ0) is 13.0. The Balaban J connectivity index is 2.27. The number of hydrogen-bond acceptors (Lipinski definition) is 3. The fourth-order valence-electron chi connectivity index (χ4n) is 1.82. The molecule has 0 amide bonds. The molecule has 0 aliphatic heterocycles. The first kappa shape index (κ1) is 12.0. The van der Waals surface area contributed by atoms with Gasteiger partial charge in [-0.2, -0.15) is 0 Å². The van der Waals surface area contributed by atoms with Gasteiger partial charge in [0.05, 0.1) is 5.56 Å². The molecular weight excluding hydrogens is 228 g/mol. The van der Waals surface area contributed by atoms with E-state index in [9.17, 15) is 14.7 Å². The van der Waals surface area contributed by atoms with E-state index in [-0.39, 0.29) is 11.3 Å². The Hall–Kier alpha value is -2.42. The van der Waals surface area contributed by atoms with Crippen LogP contribution in [0, 0.1) is 0 Å². The molecule has 2 aromatic carbocycles. The van der Waals surface area contributed by atoms with E-state index in [0.717, 1.165) is 17.4 Å². The molecule has 0 fully saturated rings. The van der Waals surface area contributed by atoms with E-state index in [1.54, 1.807) is 24.3 Å². The van der Waals surface area contributed by atoms with E-state index in [1.165, 1.54) is 6.07 Å². The molecule has 90 valence electrons. The lowest BCUT2D eigenvalue weighted by Gasteiger charge is -2.04. The Morgan fingerprint density at radius 3 is 2.44 bits per heavy atom. The molecule has 0 aromatic heterocycles. The number of aldehydes is 2. The molecule has 2 rings (SSSR count). The van der Waals surface area contributed by atoms with Crippen LogP contribution in [0.15, 0.2) is 42.5 Å². The normalized spacial score (nSPS) is 10.0. The number of hydrogen-bond donors (Lipinski definition) is 1. The topological polar surface area (TPSA) is 54.4 Å². The van der Waals surface area contributed by atoms with Crippen LogP contribution in [0.4, 0.5) is 0 Å². The molecule has 0 saturated carbocycles. The van der Waals surface area contributed by atoms with Gasteiger partial charge in [-0.05, 0) is 35.7 Å². The van der Waals surface area contributed by atoms with Gasteiger partial charge in [-0.25, -0.2) is 0 Å². The maximum Gasteiger partial charge on any atom is 0.153 e. The van der Waals surface area contributed by atoms with Crippen molar-refractivity contribution in [2.75, 3.05) is 0 Å². The molecule has 0 spiro atoms. The van der Waals surface area contributed by atoms with Crippen molar-refractivity contribution in [1.82, 2.24) is 0 Å². The summed E-state index contributed by atoms with van der Waals surface area (Å²) in [5, 5.41) is 9.41. The summed E-state index contributed by atoms with van der Waals surface area (Å²) < 4.78 is 0. The minimum atomic E-state index is -0.0182. The average Bonchev–Trinajstić information content (AvgIpc) is 2.41. The number of aromatic hydroxyl groups is 1. The van der Waals surface area contributed by atoms with Crippen LogP contribution in [-0.4, -0.2) is 17.7 Å². The van der Waals surface area contributed by atoms with Crippen molar-refractivity contribution in [3.05, 3.63) is 64.7 Å². The van der Waals surface area contributed by atoms with Crippen molar-refractivity contribution in [2.45, 2.75) is 6.42 Å². The highest BCUT2D eigenvalue weighted by molar-refractivity contribution is 5.79. The number of phenols is 1. The van der Waals surface area contributed by atoms with Crippen LogP contribution in [0.3, 0.4) is 0 Å². The number of benzene rings is 2. The smallest absolute Gasteiger partial charge is 0.153 e. The predicted molar refractivity (Wildman–Crippen MR) is 68.1 cm³/mol. The third-order valence-electron chi connectivity index (χ3n) is 2.71. The van der Waals surface area contributed by atoms with Gasteiger partial charge in [0.15, 0.2) is 6.29 Å². The first-order chi connectivity index (χ1) is 8.72. The summed E-state index contributed by atoms with van der Waals surface area (Å²) in [6.07, 6.45) is 2.04. The van der Waals surface area contributed by atoms with Crippen LogP contribution in [0.2, 0.25) is 0 Å². The summed E-state index contributed by atoms with van der Waals surface area (Å²) in [7, 11) is 0. The number of phenolic OH excluding ortho intramolecular Hbond substituents is 1.